The third-order valence-electron chi connectivity index (χ3n) is 14.8. The van der Waals surface area contributed by atoms with Gasteiger partial charge in [-0.25, -0.2) is 4.57 Å². The normalized spacial score (nSPS) is 14.1. The molecule has 0 aromatic rings. The number of unbranched alkanes of at least 4 members (excludes halogenated alkanes) is 33. The van der Waals surface area contributed by atoms with Gasteiger partial charge in [0.05, 0.1) is 33.8 Å². The molecule has 470 valence electrons. The fourth-order valence-corrected chi connectivity index (χ4v) is 10.3. The van der Waals surface area contributed by atoms with Gasteiger partial charge in [-0.3, -0.25) is 18.6 Å². The van der Waals surface area contributed by atoms with Gasteiger partial charge in [0.25, 0.3) is 0 Å². The first-order chi connectivity index (χ1) is 39.4. The Bertz CT molecular complexity index is 1660. The maximum atomic E-state index is 13.6. The van der Waals surface area contributed by atoms with E-state index in [-0.39, 0.29) is 31.5 Å². The Kier molecular flexibility index (Phi) is 58.2. The number of hydrogen-bond donors (Lipinski definition) is 2. The van der Waals surface area contributed by atoms with Gasteiger partial charge in [0.2, 0.25) is 5.91 Å². The highest BCUT2D eigenvalue weighted by atomic mass is 31.2. The SMILES string of the molecule is CCCCC/C=C\C/C=C\C/C=C\CCCCCCCCCCCCCCC(=O)OC(/C=C\CCCCCCCCCCCCC)C(COP(=O)(O)OCC[N+](C)(C)C)NC(=O)CCCCCC/C=C\C/C=C\C/C=C\CCCCC. The lowest BCUT2D eigenvalue weighted by Gasteiger charge is -2.27. The van der Waals surface area contributed by atoms with Crippen molar-refractivity contribution < 1.29 is 37.3 Å². The Morgan fingerprint density at radius 2 is 0.753 bits per heavy atom. The molecule has 9 nitrogen and oxygen atoms in total. The van der Waals surface area contributed by atoms with Crippen LogP contribution in [0.4, 0.5) is 0 Å². The molecule has 2 N–H and O–H groups in total. The summed E-state index contributed by atoms with van der Waals surface area (Å²) in [5.74, 6) is -0.528. The third kappa shape index (κ3) is 61.6. The molecule has 81 heavy (non-hydrogen) atoms. The van der Waals surface area contributed by atoms with Gasteiger partial charge >= 0.3 is 13.8 Å². The van der Waals surface area contributed by atoms with Crippen molar-refractivity contribution in [3.63, 3.8) is 0 Å². The van der Waals surface area contributed by atoms with Crippen molar-refractivity contribution >= 4 is 19.7 Å². The molecule has 0 bridgehead atoms. The number of hydrogen-bond acceptors (Lipinski definition) is 6. The van der Waals surface area contributed by atoms with Gasteiger partial charge in [0, 0.05) is 12.8 Å². The van der Waals surface area contributed by atoms with E-state index < -0.39 is 20.0 Å². The van der Waals surface area contributed by atoms with Crippen molar-refractivity contribution in [1.82, 2.24) is 5.32 Å². The summed E-state index contributed by atoms with van der Waals surface area (Å²) in [5.41, 5.74) is 0. The highest BCUT2D eigenvalue weighted by Gasteiger charge is 2.30. The van der Waals surface area contributed by atoms with Crippen LogP contribution >= 0.6 is 7.82 Å². The summed E-state index contributed by atoms with van der Waals surface area (Å²) < 4.78 is 30.8. The maximum Gasteiger partial charge on any atom is 0.472 e. The molecule has 0 aromatic carbocycles. The lowest BCUT2D eigenvalue weighted by atomic mass is 10.0. The van der Waals surface area contributed by atoms with Crippen LogP contribution in [0.1, 0.15) is 303 Å². The van der Waals surface area contributed by atoms with Crippen LogP contribution in [0.25, 0.3) is 0 Å². The molecule has 10 heteroatoms. The molecule has 0 heterocycles. The van der Waals surface area contributed by atoms with Gasteiger partial charge < -0.3 is 19.4 Å². The first-order valence-corrected chi connectivity index (χ1v) is 35.4. The summed E-state index contributed by atoms with van der Waals surface area (Å²) in [4.78, 5) is 37.8. The summed E-state index contributed by atoms with van der Waals surface area (Å²) in [7, 11) is 1.48. The summed E-state index contributed by atoms with van der Waals surface area (Å²) in [5, 5.41) is 3.05. The molecule has 0 aliphatic carbocycles. The van der Waals surface area contributed by atoms with E-state index in [4.69, 9.17) is 13.8 Å². The number of allylic oxidation sites excluding steroid dienone is 13. The number of phosphoric acid groups is 1. The van der Waals surface area contributed by atoms with Crippen molar-refractivity contribution in [2.24, 2.45) is 0 Å². The zero-order chi connectivity index (χ0) is 59.3. The second-order valence-corrected chi connectivity index (χ2v) is 25.4. The predicted molar refractivity (Wildman–Crippen MR) is 351 cm³/mol. The van der Waals surface area contributed by atoms with Gasteiger partial charge in [-0.2, -0.15) is 0 Å². The Morgan fingerprint density at radius 1 is 0.432 bits per heavy atom. The van der Waals surface area contributed by atoms with Crippen molar-refractivity contribution in [1.29, 1.82) is 0 Å². The lowest BCUT2D eigenvalue weighted by Crippen LogP contribution is -2.47. The van der Waals surface area contributed by atoms with Gasteiger partial charge in [0.15, 0.2) is 0 Å². The third-order valence-corrected chi connectivity index (χ3v) is 15.8. The summed E-state index contributed by atoms with van der Waals surface area (Å²) in [6.07, 6.45) is 80.1. The average molecular weight is 1150 g/mol. The number of carbonyl (C=O) groups excluding carboxylic acids is 2. The number of esters is 1. The fourth-order valence-electron chi connectivity index (χ4n) is 9.54. The molecule has 0 radical (unpaired) electrons. The Morgan fingerprint density at radius 3 is 1.15 bits per heavy atom. The minimum absolute atomic E-state index is 0.0328. The van der Waals surface area contributed by atoms with Crippen LogP contribution in [0.5, 0.6) is 0 Å². The number of phosphoric ester groups is 1. The summed E-state index contributed by atoms with van der Waals surface area (Å²) in [6, 6.07) is -0.865. The monoisotopic (exact) mass is 1150 g/mol. The second kappa shape index (κ2) is 60.3. The van der Waals surface area contributed by atoms with Gasteiger partial charge in [0.1, 0.15) is 19.3 Å². The number of nitrogens with one attached hydrogen (secondary N) is 1. The molecule has 0 saturated heterocycles. The smallest absolute Gasteiger partial charge is 0.456 e. The summed E-state index contributed by atoms with van der Waals surface area (Å²) in [6.45, 7) is 6.96. The topological polar surface area (TPSA) is 111 Å². The van der Waals surface area contributed by atoms with Crippen LogP contribution in [0.15, 0.2) is 85.1 Å². The Balaban J connectivity index is 5.17. The van der Waals surface area contributed by atoms with Gasteiger partial charge in [-0.15, -0.1) is 0 Å². The van der Waals surface area contributed by atoms with E-state index in [2.05, 4.69) is 99.0 Å². The molecule has 0 spiro atoms. The minimum atomic E-state index is -4.46. The van der Waals surface area contributed by atoms with Crippen molar-refractivity contribution in [3.8, 4) is 0 Å². The van der Waals surface area contributed by atoms with E-state index in [1.165, 1.54) is 173 Å². The van der Waals surface area contributed by atoms with E-state index >= 15 is 0 Å². The van der Waals surface area contributed by atoms with Crippen LogP contribution in [0.3, 0.4) is 0 Å². The zero-order valence-corrected chi connectivity index (χ0v) is 54.7. The molecule has 0 saturated carbocycles. The number of carbonyl (C=O) groups is 2. The molecular weight excluding hydrogens is 1020 g/mol. The largest absolute Gasteiger partial charge is 0.472 e. The quantitative estimate of drug-likeness (QED) is 0.0205. The van der Waals surface area contributed by atoms with Crippen molar-refractivity contribution in [2.75, 3.05) is 40.9 Å². The van der Waals surface area contributed by atoms with E-state index in [0.29, 0.717) is 17.4 Å². The fraction of sp³-hybridized carbons (Fsp3) is 0.775. The van der Waals surface area contributed by atoms with Crippen molar-refractivity contribution in [3.05, 3.63) is 85.1 Å². The Hall–Kier alpha value is -2.81. The average Bonchev–Trinajstić information content (AvgIpc) is 3.44. The van der Waals surface area contributed by atoms with Gasteiger partial charge in [-0.1, -0.05) is 267 Å². The van der Waals surface area contributed by atoms with Crippen LogP contribution in [-0.4, -0.2) is 74.3 Å². The molecule has 0 fully saturated rings. The zero-order valence-electron chi connectivity index (χ0n) is 53.8. The molecule has 0 aromatic heterocycles. The molecule has 3 unspecified atom stereocenters. The number of ether oxygens (including phenoxy) is 1. The molecule has 1 amide bonds. The number of likely N-dealkylation sites (N-methyl/N-ethyl adjacent to an activating group) is 1. The lowest BCUT2D eigenvalue weighted by molar-refractivity contribution is -0.870. The minimum Gasteiger partial charge on any atom is -0.456 e. The molecule has 0 aliphatic rings. The Labute approximate surface area is 501 Å². The van der Waals surface area contributed by atoms with Crippen molar-refractivity contribution in [2.45, 2.75) is 315 Å². The summed E-state index contributed by atoms with van der Waals surface area (Å²) >= 11 is 0. The predicted octanol–water partition coefficient (Wildman–Crippen LogP) is 21.3. The standard InChI is InChI=1S/C71H129N2O7P/c1-7-10-13-16-19-22-25-28-30-32-33-34-35-36-37-38-39-41-43-46-49-52-55-58-61-64-71(75)80-69(62-59-56-53-50-47-44-27-24-21-18-15-12-9-3)68(67-79-81(76,77)78-66-65-73(4,5)6)72-70(74)63-60-57-54-51-48-45-42-40-31-29-26-23-20-17-14-11-8-2/h19-20,22-23,28-31,33-34,42,45,59,62,68-69H,7-18,21,24-27,32,35-41,43-44,46-58,60-61,63-67H2,1-6H3,(H-,72,74,76,77)/p+1/b22-19-,23-20-,30-28-,31-29-,34-33-,45-42-,62-59-. The van der Waals surface area contributed by atoms with E-state index in [1.54, 1.807) is 0 Å². The molecule has 0 rings (SSSR count). The van der Waals surface area contributed by atoms with E-state index in [1.807, 2.05) is 33.3 Å². The van der Waals surface area contributed by atoms with Crippen LogP contribution in [0.2, 0.25) is 0 Å². The van der Waals surface area contributed by atoms with Gasteiger partial charge in [-0.05, 0) is 109 Å². The number of quaternary nitrogens is 1. The molecular formula is C71H130N2O7P+. The molecule has 3 atom stereocenters. The first-order valence-electron chi connectivity index (χ1n) is 33.9. The number of rotatable bonds is 61. The number of nitrogens with zero attached hydrogens (tertiary/aromatic N) is 1. The number of amides is 1. The van der Waals surface area contributed by atoms with Crippen LogP contribution < -0.4 is 5.32 Å². The first kappa shape index (κ1) is 78.2. The highest BCUT2D eigenvalue weighted by molar-refractivity contribution is 7.47. The maximum absolute atomic E-state index is 13.6. The second-order valence-electron chi connectivity index (χ2n) is 24.0. The highest BCUT2D eigenvalue weighted by Crippen LogP contribution is 2.43. The van der Waals surface area contributed by atoms with E-state index in [9.17, 15) is 19.0 Å². The van der Waals surface area contributed by atoms with Crippen LogP contribution in [0, 0.1) is 0 Å². The molecule has 0 aliphatic heterocycles. The van der Waals surface area contributed by atoms with Crippen LogP contribution in [-0.2, 0) is 27.9 Å². The van der Waals surface area contributed by atoms with E-state index in [0.717, 1.165) is 96.3 Å².